The average molecular weight is 570 g/mol. The Kier molecular flexibility index (Phi) is 8.46. The van der Waals surface area contributed by atoms with E-state index >= 15 is 0 Å². The van der Waals surface area contributed by atoms with E-state index in [4.69, 9.17) is 19.0 Å². The van der Waals surface area contributed by atoms with E-state index in [2.05, 4.69) is 10.1 Å². The van der Waals surface area contributed by atoms with Crippen molar-refractivity contribution >= 4 is 11.7 Å². The van der Waals surface area contributed by atoms with E-state index in [0.29, 0.717) is 17.0 Å². The first-order chi connectivity index (χ1) is 20.3. The Balaban J connectivity index is 1.57. The maximum atomic E-state index is 12.6. The van der Waals surface area contributed by atoms with Crippen molar-refractivity contribution in [3.63, 3.8) is 0 Å². The molecule has 1 N–H and O–H groups in total. The molecule has 10 heteroatoms. The highest BCUT2D eigenvalue weighted by Gasteiger charge is 2.41. The van der Waals surface area contributed by atoms with Gasteiger partial charge in [0.05, 0.1) is 19.4 Å². The summed E-state index contributed by atoms with van der Waals surface area (Å²) in [6.07, 6.45) is -0.00848. The van der Waals surface area contributed by atoms with Crippen molar-refractivity contribution in [1.29, 1.82) is 0 Å². The Morgan fingerprint density at radius 2 is 1.57 bits per heavy atom. The maximum absolute atomic E-state index is 12.6. The topological polar surface area (TPSA) is 121 Å². The fourth-order valence-corrected chi connectivity index (χ4v) is 5.07. The molecule has 5 rings (SSSR count). The van der Waals surface area contributed by atoms with Gasteiger partial charge in [-0.2, -0.15) is 0 Å². The first kappa shape index (κ1) is 28.7. The molecule has 0 saturated carbocycles. The van der Waals surface area contributed by atoms with Gasteiger partial charge in [0.15, 0.2) is 0 Å². The monoisotopic (exact) mass is 569 g/mol. The Morgan fingerprint density at radius 1 is 0.976 bits per heavy atom. The number of H-pyrrole nitrogens is 1. The predicted molar refractivity (Wildman–Crippen MR) is 155 cm³/mol. The molecule has 0 amide bonds. The second-order valence-electron chi connectivity index (χ2n) is 9.88. The van der Waals surface area contributed by atoms with Gasteiger partial charge < -0.3 is 19.0 Å². The van der Waals surface area contributed by atoms with Crippen molar-refractivity contribution in [2.24, 2.45) is 5.16 Å². The molecule has 1 aliphatic heterocycles. The normalized spacial score (nSPS) is 17.7. The molecule has 0 bridgehead atoms. The Labute approximate surface area is 242 Å². The first-order valence-corrected chi connectivity index (χ1v) is 13.4. The van der Waals surface area contributed by atoms with Crippen LogP contribution >= 0.6 is 0 Å². The lowest BCUT2D eigenvalue weighted by Gasteiger charge is -2.36. The van der Waals surface area contributed by atoms with E-state index in [-0.39, 0.29) is 13.0 Å². The number of ether oxygens (including phenoxy) is 3. The largest absolute Gasteiger partial charge is 0.497 e. The van der Waals surface area contributed by atoms with Gasteiger partial charge in [-0.3, -0.25) is 14.3 Å². The summed E-state index contributed by atoms with van der Waals surface area (Å²) in [6.45, 7) is 2.84. The molecular weight excluding hydrogens is 538 g/mol. The van der Waals surface area contributed by atoms with Gasteiger partial charge in [-0.1, -0.05) is 78.0 Å². The lowest BCUT2D eigenvalue weighted by Crippen LogP contribution is -2.37. The van der Waals surface area contributed by atoms with E-state index in [1.807, 2.05) is 84.9 Å². The van der Waals surface area contributed by atoms with Crippen molar-refractivity contribution in [1.82, 2.24) is 9.55 Å². The molecule has 0 spiro atoms. The van der Waals surface area contributed by atoms with Crippen LogP contribution in [-0.2, 0) is 24.7 Å². The van der Waals surface area contributed by atoms with Crippen LogP contribution < -0.4 is 16.0 Å². The van der Waals surface area contributed by atoms with Gasteiger partial charge in [0.2, 0.25) is 0 Å². The number of nitrogens with zero attached hydrogens (tertiary/aromatic N) is 2. The molecule has 2 atom stereocenters. The van der Waals surface area contributed by atoms with Gasteiger partial charge in [0.1, 0.15) is 23.7 Å². The highest BCUT2D eigenvalue weighted by atomic mass is 16.7. The van der Waals surface area contributed by atoms with Gasteiger partial charge in [0, 0.05) is 25.1 Å². The number of aromatic nitrogens is 2. The minimum atomic E-state index is -1.08. The molecule has 10 nitrogen and oxygen atoms in total. The Hall–Kier alpha value is -4.80. The smallest absolute Gasteiger partial charge is 0.331 e. The third-order valence-electron chi connectivity index (χ3n) is 7.13. The summed E-state index contributed by atoms with van der Waals surface area (Å²) in [5, 5.41) is 4.05. The van der Waals surface area contributed by atoms with Crippen molar-refractivity contribution in [2.45, 2.75) is 38.2 Å². The van der Waals surface area contributed by atoms with E-state index < -0.39 is 35.2 Å². The summed E-state index contributed by atoms with van der Waals surface area (Å²) < 4.78 is 19.9. The highest BCUT2D eigenvalue weighted by molar-refractivity contribution is 5.90. The van der Waals surface area contributed by atoms with Gasteiger partial charge in [-0.25, -0.2) is 9.59 Å². The minimum absolute atomic E-state index is 0.0104. The Morgan fingerprint density at radius 3 is 2.14 bits per heavy atom. The summed E-state index contributed by atoms with van der Waals surface area (Å²) >= 11 is 0. The second kappa shape index (κ2) is 12.4. The molecule has 0 aliphatic carbocycles. The van der Waals surface area contributed by atoms with E-state index in [9.17, 15) is 14.4 Å². The molecule has 4 aromatic rings. The summed E-state index contributed by atoms with van der Waals surface area (Å²) in [4.78, 5) is 43.5. The molecule has 1 aromatic heterocycles. The third kappa shape index (κ3) is 5.81. The zero-order valence-electron chi connectivity index (χ0n) is 23.5. The molecule has 0 radical (unpaired) electrons. The molecular formula is C32H31N3O7. The van der Waals surface area contributed by atoms with E-state index in [0.717, 1.165) is 16.7 Å². The van der Waals surface area contributed by atoms with Crippen LogP contribution in [0.3, 0.4) is 0 Å². The molecule has 1 aliphatic rings. The number of benzene rings is 3. The molecule has 1 fully saturated rings. The number of aromatic amines is 1. The SMILES string of the molecule is COc1ccc(C(OC[C@H]2O[C@@H](n3cc(C)c(=O)[nH]c3=O)C/C2=N/OC(C)=O)(c2ccccc2)c2ccccc2)cc1. The van der Waals surface area contributed by atoms with Crippen LogP contribution in [0.1, 0.15) is 41.8 Å². The van der Waals surface area contributed by atoms with Crippen LogP contribution in [0.2, 0.25) is 0 Å². The molecule has 1 saturated heterocycles. The average Bonchev–Trinajstić information content (AvgIpc) is 3.42. The fraction of sp³-hybridized carbons (Fsp3) is 0.250. The van der Waals surface area contributed by atoms with Crippen molar-refractivity contribution < 1.29 is 23.8 Å². The van der Waals surface area contributed by atoms with Gasteiger partial charge in [0.25, 0.3) is 5.56 Å². The van der Waals surface area contributed by atoms with Crippen LogP contribution in [0, 0.1) is 6.92 Å². The molecule has 2 heterocycles. The molecule has 3 aromatic carbocycles. The van der Waals surface area contributed by atoms with Crippen molar-refractivity contribution in [3.8, 4) is 5.75 Å². The number of oxime groups is 1. The highest BCUT2D eigenvalue weighted by Crippen LogP contribution is 2.42. The standard InChI is InChI=1S/C32H31N3O7/c1-21-19-35(31(38)33-30(21)37)29-18-27(34-42-22(2)36)28(41-29)20-40-32(23-10-6-4-7-11-23,24-12-8-5-9-13-24)25-14-16-26(39-3)17-15-25/h4-17,19,28-29H,18,20H2,1-3H3,(H,33,37,38)/b34-27-/t28-,29-/m1/s1. The molecule has 42 heavy (non-hydrogen) atoms. The van der Waals surface area contributed by atoms with Gasteiger partial charge in [-0.05, 0) is 35.7 Å². The summed E-state index contributed by atoms with van der Waals surface area (Å²) in [7, 11) is 1.61. The van der Waals surface area contributed by atoms with Crippen LogP contribution in [0.25, 0.3) is 0 Å². The van der Waals surface area contributed by atoms with E-state index in [1.165, 1.54) is 17.7 Å². The van der Waals surface area contributed by atoms with Gasteiger partial charge in [-0.15, -0.1) is 0 Å². The molecule has 0 unspecified atom stereocenters. The number of methoxy groups -OCH3 is 1. The molecule has 216 valence electrons. The van der Waals surface area contributed by atoms with Crippen LogP contribution in [0.4, 0.5) is 0 Å². The number of aryl methyl sites for hydroxylation is 1. The minimum Gasteiger partial charge on any atom is -0.497 e. The Bertz CT molecular complexity index is 1640. The summed E-state index contributed by atoms with van der Waals surface area (Å²) in [6, 6.07) is 27.3. The number of rotatable bonds is 9. The second-order valence-corrected chi connectivity index (χ2v) is 9.88. The number of hydrogen-bond donors (Lipinski definition) is 1. The summed E-state index contributed by atoms with van der Waals surface area (Å²) in [5.74, 6) is 0.108. The number of carbonyl (C=O) groups excluding carboxylic acids is 1. The number of hydrogen-bond acceptors (Lipinski definition) is 8. The van der Waals surface area contributed by atoms with E-state index in [1.54, 1.807) is 14.0 Å². The quantitative estimate of drug-likeness (QED) is 0.183. The lowest BCUT2D eigenvalue weighted by atomic mass is 9.80. The van der Waals surface area contributed by atoms with Gasteiger partial charge >= 0.3 is 11.7 Å². The zero-order chi connectivity index (χ0) is 29.7. The van der Waals surface area contributed by atoms with Crippen LogP contribution in [-0.4, -0.2) is 41.1 Å². The first-order valence-electron chi connectivity index (χ1n) is 13.4. The summed E-state index contributed by atoms with van der Waals surface area (Å²) in [5.41, 5.74) is 1.17. The van der Waals surface area contributed by atoms with Crippen molar-refractivity contribution in [2.75, 3.05) is 13.7 Å². The lowest BCUT2D eigenvalue weighted by molar-refractivity contribution is -0.141. The number of nitrogens with one attached hydrogen (secondary N) is 1. The van der Waals surface area contributed by atoms with Crippen molar-refractivity contribution in [3.05, 3.63) is 134 Å². The number of carbonyl (C=O) groups is 1. The van der Waals surface area contributed by atoms with Crippen LogP contribution in [0.15, 0.2) is 106 Å². The van der Waals surface area contributed by atoms with Crippen LogP contribution in [0.5, 0.6) is 5.75 Å². The zero-order valence-corrected chi connectivity index (χ0v) is 23.5. The maximum Gasteiger partial charge on any atom is 0.331 e. The third-order valence-corrected chi connectivity index (χ3v) is 7.13. The predicted octanol–water partition coefficient (Wildman–Crippen LogP) is 4.07. The fourth-order valence-electron chi connectivity index (χ4n) is 5.07.